The number of hydrogen-bond donors (Lipinski definition) is 1. The molecule has 0 atom stereocenters. The Balaban J connectivity index is 1.91. The van der Waals surface area contributed by atoms with Crippen molar-refractivity contribution in [2.75, 3.05) is 5.32 Å². The van der Waals surface area contributed by atoms with E-state index in [0.717, 1.165) is 17.9 Å². The zero-order chi connectivity index (χ0) is 13.3. The molecule has 100 valence electrons. The fourth-order valence-electron chi connectivity index (χ4n) is 2.04. The van der Waals surface area contributed by atoms with Crippen LogP contribution in [-0.2, 0) is 6.42 Å². The van der Waals surface area contributed by atoms with E-state index in [1.165, 1.54) is 31.2 Å². The molecule has 2 heterocycles. The number of aromatic nitrogens is 2. The van der Waals surface area contributed by atoms with Gasteiger partial charge in [0.1, 0.15) is 5.82 Å². The Labute approximate surface area is 115 Å². The summed E-state index contributed by atoms with van der Waals surface area (Å²) in [6, 6.07) is 8.12. The van der Waals surface area contributed by atoms with Crippen molar-refractivity contribution < 1.29 is 0 Å². The van der Waals surface area contributed by atoms with Crippen LogP contribution in [0.1, 0.15) is 38.2 Å². The summed E-state index contributed by atoms with van der Waals surface area (Å²) < 4.78 is 0. The van der Waals surface area contributed by atoms with Gasteiger partial charge in [-0.1, -0.05) is 26.2 Å². The molecule has 0 amide bonds. The van der Waals surface area contributed by atoms with Crippen molar-refractivity contribution in [2.24, 2.45) is 0 Å². The van der Waals surface area contributed by atoms with Gasteiger partial charge < -0.3 is 5.32 Å². The SMILES string of the molecule is CCCCCCc1ccnc(Nc2cccnc2)c1. The number of nitrogens with zero attached hydrogens (tertiary/aromatic N) is 2. The summed E-state index contributed by atoms with van der Waals surface area (Å²) in [7, 11) is 0. The third kappa shape index (κ3) is 4.70. The van der Waals surface area contributed by atoms with E-state index in [-0.39, 0.29) is 0 Å². The highest BCUT2D eigenvalue weighted by Crippen LogP contribution is 2.15. The first-order chi connectivity index (χ1) is 9.38. The Kier molecular flexibility index (Phi) is 5.35. The highest BCUT2D eigenvalue weighted by molar-refractivity contribution is 5.54. The van der Waals surface area contributed by atoms with Crippen molar-refractivity contribution in [1.82, 2.24) is 9.97 Å². The predicted octanol–water partition coefficient (Wildman–Crippen LogP) is 4.34. The van der Waals surface area contributed by atoms with Crippen molar-refractivity contribution in [2.45, 2.75) is 39.0 Å². The van der Waals surface area contributed by atoms with Crippen LogP contribution in [0.3, 0.4) is 0 Å². The monoisotopic (exact) mass is 255 g/mol. The first kappa shape index (κ1) is 13.5. The molecule has 0 spiro atoms. The Morgan fingerprint density at radius 2 is 2.05 bits per heavy atom. The van der Waals surface area contributed by atoms with E-state index in [1.54, 1.807) is 12.4 Å². The van der Waals surface area contributed by atoms with Gasteiger partial charge in [-0.25, -0.2) is 4.98 Å². The molecule has 19 heavy (non-hydrogen) atoms. The Morgan fingerprint density at radius 3 is 2.84 bits per heavy atom. The number of rotatable bonds is 7. The van der Waals surface area contributed by atoms with E-state index in [9.17, 15) is 0 Å². The Hall–Kier alpha value is -1.90. The molecular weight excluding hydrogens is 234 g/mol. The Morgan fingerprint density at radius 1 is 1.11 bits per heavy atom. The lowest BCUT2D eigenvalue weighted by Gasteiger charge is -2.07. The molecule has 0 fully saturated rings. The molecule has 2 rings (SSSR count). The largest absolute Gasteiger partial charge is 0.339 e. The first-order valence-corrected chi connectivity index (χ1v) is 7.00. The summed E-state index contributed by atoms with van der Waals surface area (Å²) >= 11 is 0. The molecule has 0 saturated carbocycles. The highest BCUT2D eigenvalue weighted by Gasteiger charge is 1.99. The average Bonchev–Trinajstić information content (AvgIpc) is 2.45. The summed E-state index contributed by atoms with van der Waals surface area (Å²) in [4.78, 5) is 8.42. The van der Waals surface area contributed by atoms with Gasteiger partial charge in [0.25, 0.3) is 0 Å². The van der Waals surface area contributed by atoms with Crippen molar-refractivity contribution in [1.29, 1.82) is 0 Å². The minimum Gasteiger partial charge on any atom is -0.339 e. The average molecular weight is 255 g/mol. The second-order valence-electron chi connectivity index (χ2n) is 4.73. The summed E-state index contributed by atoms with van der Waals surface area (Å²) in [5.41, 5.74) is 2.32. The van der Waals surface area contributed by atoms with Gasteiger partial charge in [0.05, 0.1) is 11.9 Å². The third-order valence-corrected chi connectivity index (χ3v) is 3.08. The number of anilines is 2. The smallest absolute Gasteiger partial charge is 0.130 e. The topological polar surface area (TPSA) is 37.8 Å². The van der Waals surface area contributed by atoms with Crippen LogP contribution in [0.2, 0.25) is 0 Å². The number of aryl methyl sites for hydroxylation is 1. The van der Waals surface area contributed by atoms with Crippen molar-refractivity contribution in [3.05, 3.63) is 48.4 Å². The third-order valence-electron chi connectivity index (χ3n) is 3.08. The molecule has 2 aromatic heterocycles. The van der Waals surface area contributed by atoms with E-state index < -0.39 is 0 Å². The molecule has 0 unspecified atom stereocenters. The maximum atomic E-state index is 4.34. The second kappa shape index (κ2) is 7.52. The van der Waals surface area contributed by atoms with Gasteiger partial charge in [-0.05, 0) is 42.7 Å². The number of hydrogen-bond acceptors (Lipinski definition) is 3. The molecular formula is C16H21N3. The van der Waals surface area contributed by atoms with Gasteiger partial charge in [-0.15, -0.1) is 0 Å². The molecule has 3 heteroatoms. The molecule has 0 aliphatic heterocycles. The van der Waals surface area contributed by atoms with E-state index in [0.29, 0.717) is 0 Å². The lowest BCUT2D eigenvalue weighted by Crippen LogP contribution is -1.95. The summed E-state index contributed by atoms with van der Waals surface area (Å²) in [6.07, 6.45) is 11.7. The minimum atomic E-state index is 0.890. The van der Waals surface area contributed by atoms with E-state index in [4.69, 9.17) is 0 Å². The van der Waals surface area contributed by atoms with Crippen LogP contribution in [0.25, 0.3) is 0 Å². The number of nitrogens with one attached hydrogen (secondary N) is 1. The number of unbranched alkanes of at least 4 members (excludes halogenated alkanes) is 3. The van der Waals surface area contributed by atoms with E-state index in [2.05, 4.69) is 34.3 Å². The molecule has 1 N–H and O–H groups in total. The fourth-order valence-corrected chi connectivity index (χ4v) is 2.04. The quantitative estimate of drug-likeness (QED) is 0.748. The van der Waals surface area contributed by atoms with Gasteiger partial charge in [0, 0.05) is 12.4 Å². The predicted molar refractivity (Wildman–Crippen MR) is 79.6 cm³/mol. The second-order valence-corrected chi connectivity index (χ2v) is 4.73. The van der Waals surface area contributed by atoms with Crippen LogP contribution in [0, 0.1) is 0 Å². The molecule has 2 aromatic rings. The fraction of sp³-hybridized carbons (Fsp3) is 0.375. The summed E-state index contributed by atoms with van der Waals surface area (Å²) in [5.74, 6) is 0.890. The molecule has 0 saturated heterocycles. The van der Waals surface area contributed by atoms with Crippen LogP contribution in [0.15, 0.2) is 42.9 Å². The van der Waals surface area contributed by atoms with Gasteiger partial charge in [0.15, 0.2) is 0 Å². The lowest BCUT2D eigenvalue weighted by atomic mass is 10.1. The molecule has 0 radical (unpaired) electrons. The van der Waals surface area contributed by atoms with Crippen molar-refractivity contribution in [3.63, 3.8) is 0 Å². The summed E-state index contributed by atoms with van der Waals surface area (Å²) in [6.45, 7) is 2.24. The minimum absolute atomic E-state index is 0.890. The lowest BCUT2D eigenvalue weighted by molar-refractivity contribution is 0.666. The maximum Gasteiger partial charge on any atom is 0.130 e. The van der Waals surface area contributed by atoms with Crippen LogP contribution in [0.4, 0.5) is 11.5 Å². The molecule has 0 aliphatic carbocycles. The van der Waals surface area contributed by atoms with Gasteiger partial charge in [0.2, 0.25) is 0 Å². The van der Waals surface area contributed by atoms with Gasteiger partial charge in [-0.2, -0.15) is 0 Å². The van der Waals surface area contributed by atoms with Crippen molar-refractivity contribution >= 4 is 11.5 Å². The van der Waals surface area contributed by atoms with Gasteiger partial charge in [-0.3, -0.25) is 4.98 Å². The van der Waals surface area contributed by atoms with Crippen LogP contribution in [0.5, 0.6) is 0 Å². The number of pyridine rings is 2. The summed E-state index contributed by atoms with van der Waals surface area (Å²) in [5, 5.41) is 3.27. The molecule has 0 bridgehead atoms. The molecule has 0 aliphatic rings. The normalized spacial score (nSPS) is 10.4. The maximum absolute atomic E-state index is 4.34. The molecule has 3 nitrogen and oxygen atoms in total. The zero-order valence-electron chi connectivity index (χ0n) is 11.5. The van der Waals surface area contributed by atoms with Gasteiger partial charge >= 0.3 is 0 Å². The Bertz CT molecular complexity index is 482. The van der Waals surface area contributed by atoms with Crippen LogP contribution >= 0.6 is 0 Å². The van der Waals surface area contributed by atoms with E-state index >= 15 is 0 Å². The molecule has 0 aromatic carbocycles. The van der Waals surface area contributed by atoms with Crippen molar-refractivity contribution in [3.8, 4) is 0 Å². The van der Waals surface area contributed by atoms with Crippen LogP contribution in [-0.4, -0.2) is 9.97 Å². The van der Waals surface area contributed by atoms with E-state index in [1.807, 2.05) is 18.3 Å². The highest BCUT2D eigenvalue weighted by atomic mass is 15.0. The van der Waals surface area contributed by atoms with Crippen LogP contribution < -0.4 is 5.32 Å². The standard InChI is InChI=1S/C16H21N3/c1-2-3-4-5-7-14-9-11-18-16(12-14)19-15-8-6-10-17-13-15/h6,8-13H,2-5,7H2,1H3,(H,18,19). The first-order valence-electron chi connectivity index (χ1n) is 7.00. The zero-order valence-corrected chi connectivity index (χ0v) is 11.5.